The molecule has 0 unspecified atom stereocenters. The van der Waals surface area contributed by atoms with E-state index in [1.165, 1.54) is 0 Å². The maximum absolute atomic E-state index is 12.7. The van der Waals surface area contributed by atoms with Crippen LogP contribution >= 0.6 is 0 Å². The molecule has 7 nitrogen and oxygen atoms in total. The van der Waals surface area contributed by atoms with Crippen molar-refractivity contribution in [2.24, 2.45) is 0 Å². The fraction of sp³-hybridized carbons (Fsp3) is 0.308. The van der Waals surface area contributed by atoms with Gasteiger partial charge in [-0.3, -0.25) is 4.90 Å². The van der Waals surface area contributed by atoms with Crippen LogP contribution in [0.4, 0.5) is 10.5 Å². The van der Waals surface area contributed by atoms with Crippen molar-refractivity contribution in [2.75, 3.05) is 12.3 Å². The fourth-order valence-electron chi connectivity index (χ4n) is 4.24. The lowest BCUT2D eigenvalue weighted by Crippen LogP contribution is -2.36. The summed E-state index contributed by atoms with van der Waals surface area (Å²) in [4.78, 5) is 22.4. The quantitative estimate of drug-likeness (QED) is 0.370. The van der Waals surface area contributed by atoms with E-state index in [1.54, 1.807) is 4.90 Å². The summed E-state index contributed by atoms with van der Waals surface area (Å²) in [5.74, 6) is 1.58. The van der Waals surface area contributed by atoms with Crippen LogP contribution in [0.1, 0.15) is 45.5 Å². The molecule has 0 saturated carbocycles. The van der Waals surface area contributed by atoms with E-state index in [9.17, 15) is 4.79 Å². The van der Waals surface area contributed by atoms with E-state index in [2.05, 4.69) is 16.0 Å². The van der Waals surface area contributed by atoms with Gasteiger partial charge < -0.3 is 19.9 Å². The van der Waals surface area contributed by atoms with E-state index in [1.807, 2.05) is 69.4 Å². The second kappa shape index (κ2) is 7.99. The van der Waals surface area contributed by atoms with Gasteiger partial charge in [-0.1, -0.05) is 0 Å². The minimum absolute atomic E-state index is 0.108. The maximum Gasteiger partial charge on any atom is 0.410 e. The molecule has 3 heterocycles. The number of nitrogens with two attached hydrogens (primary N) is 1. The molecule has 0 radical (unpaired) electrons. The van der Waals surface area contributed by atoms with Gasteiger partial charge in [0.2, 0.25) is 0 Å². The zero-order valence-corrected chi connectivity index (χ0v) is 19.1. The Balaban J connectivity index is 1.39. The van der Waals surface area contributed by atoms with Crippen LogP contribution in [0.3, 0.4) is 0 Å². The molecule has 4 aromatic rings. The summed E-state index contributed by atoms with van der Waals surface area (Å²) in [5.41, 5.74) is 9.70. The Kier molecular flexibility index (Phi) is 5.12. The minimum atomic E-state index is -0.524. The first-order valence-corrected chi connectivity index (χ1v) is 11.2. The zero-order chi connectivity index (χ0) is 23.2. The number of amides is 1. The Hall–Kier alpha value is -3.74. The summed E-state index contributed by atoms with van der Waals surface area (Å²) in [7, 11) is 0. The third-order valence-electron chi connectivity index (χ3n) is 5.81. The summed E-state index contributed by atoms with van der Waals surface area (Å²) >= 11 is 0. The van der Waals surface area contributed by atoms with Crippen LogP contribution in [-0.2, 0) is 4.74 Å². The van der Waals surface area contributed by atoms with Crippen LogP contribution in [0.5, 0.6) is 0 Å². The van der Waals surface area contributed by atoms with Crippen molar-refractivity contribution < 1.29 is 13.9 Å². The summed E-state index contributed by atoms with van der Waals surface area (Å²) in [6.45, 7) is 6.31. The number of nitrogens with zero attached hydrogens (tertiary/aromatic N) is 2. The van der Waals surface area contributed by atoms with Gasteiger partial charge in [-0.25, -0.2) is 9.78 Å². The number of likely N-dealkylation sites (tertiary alicyclic amines) is 1. The van der Waals surface area contributed by atoms with Crippen molar-refractivity contribution in [3.8, 4) is 22.6 Å². The summed E-state index contributed by atoms with van der Waals surface area (Å²) in [6.07, 6.45) is 3.31. The van der Waals surface area contributed by atoms with E-state index in [4.69, 9.17) is 14.9 Å². The Morgan fingerprint density at radius 3 is 2.67 bits per heavy atom. The third kappa shape index (κ3) is 4.31. The molecule has 1 aliphatic rings. The number of ether oxygens (including phenoxy) is 1. The highest BCUT2D eigenvalue weighted by Gasteiger charge is 2.34. The number of H-pyrrole nitrogens is 1. The Morgan fingerprint density at radius 2 is 1.91 bits per heavy atom. The molecule has 2 aromatic heterocycles. The van der Waals surface area contributed by atoms with Gasteiger partial charge in [0.15, 0.2) is 0 Å². The van der Waals surface area contributed by atoms with E-state index in [-0.39, 0.29) is 12.1 Å². The number of hydrogen-bond donors (Lipinski definition) is 2. The van der Waals surface area contributed by atoms with Crippen molar-refractivity contribution >= 4 is 22.7 Å². The molecule has 7 heteroatoms. The summed E-state index contributed by atoms with van der Waals surface area (Å²) in [5, 5.41) is 1.01. The number of fused-ring (bicyclic) bond motifs is 1. The molecule has 0 spiro atoms. The van der Waals surface area contributed by atoms with Gasteiger partial charge in [0.1, 0.15) is 22.8 Å². The van der Waals surface area contributed by atoms with E-state index in [0.29, 0.717) is 6.54 Å². The number of benzene rings is 2. The largest absolute Gasteiger partial charge is 0.456 e. The SMILES string of the molecule is CC(C)(C)OC(=O)N1CCC[C@@H]1c1ncc(-c2ccc3oc(-c4ccc(N)cc4)cc3c2)[nH]1. The lowest BCUT2D eigenvalue weighted by molar-refractivity contribution is 0.0218. The van der Waals surface area contributed by atoms with Gasteiger partial charge >= 0.3 is 6.09 Å². The number of nitrogen functional groups attached to an aromatic ring is 1. The second-order valence-corrected chi connectivity index (χ2v) is 9.50. The van der Waals surface area contributed by atoms with Crippen LogP contribution in [0.2, 0.25) is 0 Å². The first-order chi connectivity index (χ1) is 15.8. The molecule has 1 aliphatic heterocycles. The van der Waals surface area contributed by atoms with Crippen molar-refractivity contribution in [2.45, 2.75) is 45.3 Å². The molecule has 33 heavy (non-hydrogen) atoms. The minimum Gasteiger partial charge on any atom is -0.456 e. The van der Waals surface area contributed by atoms with Crippen molar-refractivity contribution in [1.82, 2.24) is 14.9 Å². The average molecular weight is 445 g/mol. The number of anilines is 1. The number of aromatic amines is 1. The highest BCUT2D eigenvalue weighted by Crippen LogP contribution is 2.34. The smallest absolute Gasteiger partial charge is 0.410 e. The fourth-order valence-corrected chi connectivity index (χ4v) is 4.24. The molecule has 0 aliphatic carbocycles. The molecule has 0 bridgehead atoms. The molecule has 1 saturated heterocycles. The Morgan fingerprint density at radius 1 is 1.15 bits per heavy atom. The predicted molar refractivity (Wildman–Crippen MR) is 129 cm³/mol. The Bertz CT molecular complexity index is 1300. The summed E-state index contributed by atoms with van der Waals surface area (Å²) in [6, 6.07) is 15.6. The second-order valence-electron chi connectivity index (χ2n) is 9.50. The maximum atomic E-state index is 12.7. The van der Waals surface area contributed by atoms with Crippen LogP contribution in [-0.4, -0.2) is 33.1 Å². The molecular weight excluding hydrogens is 416 g/mol. The van der Waals surface area contributed by atoms with E-state index in [0.717, 1.165) is 57.9 Å². The van der Waals surface area contributed by atoms with Crippen LogP contribution in [0, 0.1) is 0 Å². The first kappa shape index (κ1) is 21.1. The molecule has 1 fully saturated rings. The number of carbonyl (C=O) groups is 1. The van der Waals surface area contributed by atoms with E-state index < -0.39 is 5.60 Å². The number of nitrogens with one attached hydrogen (secondary N) is 1. The van der Waals surface area contributed by atoms with Crippen molar-refractivity contribution in [3.63, 3.8) is 0 Å². The number of carbonyl (C=O) groups excluding carboxylic acids is 1. The molecule has 170 valence electrons. The molecule has 1 amide bonds. The zero-order valence-electron chi connectivity index (χ0n) is 19.1. The monoisotopic (exact) mass is 444 g/mol. The van der Waals surface area contributed by atoms with E-state index >= 15 is 0 Å². The van der Waals surface area contributed by atoms with Crippen molar-refractivity contribution in [3.05, 3.63) is 60.6 Å². The lowest BCUT2D eigenvalue weighted by Gasteiger charge is -2.27. The Labute approximate surface area is 192 Å². The van der Waals surface area contributed by atoms with Crippen LogP contribution in [0.15, 0.2) is 59.1 Å². The molecule has 2 aromatic carbocycles. The average Bonchev–Trinajstić information content (AvgIpc) is 3.50. The van der Waals surface area contributed by atoms with Crippen molar-refractivity contribution in [1.29, 1.82) is 0 Å². The third-order valence-corrected chi connectivity index (χ3v) is 5.81. The number of rotatable bonds is 3. The van der Waals surface area contributed by atoms with Gasteiger partial charge in [0.25, 0.3) is 0 Å². The molecular formula is C26H28N4O3. The van der Waals surface area contributed by atoms with Crippen LogP contribution < -0.4 is 5.73 Å². The van der Waals surface area contributed by atoms with Crippen LogP contribution in [0.25, 0.3) is 33.6 Å². The molecule has 3 N–H and O–H groups in total. The lowest BCUT2D eigenvalue weighted by atomic mass is 10.1. The normalized spacial score (nSPS) is 16.5. The van der Waals surface area contributed by atoms with Gasteiger partial charge in [-0.15, -0.1) is 0 Å². The molecule has 5 rings (SSSR count). The molecule has 1 atom stereocenters. The van der Waals surface area contributed by atoms with Gasteiger partial charge in [0, 0.05) is 28.7 Å². The standard InChI is InChI=1S/C26H28N4O3/c1-26(2,3)33-25(31)30-12-4-5-21(30)24-28-15-20(29-24)17-8-11-22-18(13-17)14-23(32-22)16-6-9-19(27)10-7-16/h6-11,13-15,21H,4-5,12,27H2,1-3H3,(H,28,29)/t21-/m1/s1. The topological polar surface area (TPSA) is 97.4 Å². The van der Waals surface area contributed by atoms with Gasteiger partial charge in [0.05, 0.1) is 17.9 Å². The van der Waals surface area contributed by atoms with Gasteiger partial charge in [-0.05, 0) is 82.1 Å². The number of aromatic nitrogens is 2. The highest BCUT2D eigenvalue weighted by molar-refractivity contribution is 5.87. The number of furan rings is 1. The first-order valence-electron chi connectivity index (χ1n) is 11.2. The number of imidazole rings is 1. The van der Waals surface area contributed by atoms with Gasteiger partial charge in [-0.2, -0.15) is 0 Å². The highest BCUT2D eigenvalue weighted by atomic mass is 16.6. The predicted octanol–water partition coefficient (Wildman–Crippen LogP) is 6.14. The summed E-state index contributed by atoms with van der Waals surface area (Å²) < 4.78 is 11.6. The number of hydrogen-bond acceptors (Lipinski definition) is 5.